The van der Waals surface area contributed by atoms with Crippen LogP contribution in [0.2, 0.25) is 0 Å². The lowest BCUT2D eigenvalue weighted by molar-refractivity contribution is 0.112. The number of likely N-dealkylation sites (tertiary alicyclic amines) is 1. The predicted octanol–water partition coefficient (Wildman–Crippen LogP) is 2.73. The third-order valence-electron chi connectivity index (χ3n) is 3.72. The van der Waals surface area contributed by atoms with Crippen molar-refractivity contribution < 1.29 is 5.11 Å². The van der Waals surface area contributed by atoms with Crippen molar-refractivity contribution in [1.29, 1.82) is 0 Å². The van der Waals surface area contributed by atoms with E-state index in [4.69, 9.17) is 5.11 Å². The lowest BCUT2D eigenvalue weighted by Crippen LogP contribution is -2.39. The van der Waals surface area contributed by atoms with Gasteiger partial charge in [-0.3, -0.25) is 4.90 Å². The number of piperidine rings is 1. The summed E-state index contributed by atoms with van der Waals surface area (Å²) in [6, 6.07) is 9.38. The number of aliphatic hydroxyl groups is 1. The fraction of sp³-hybridized carbons (Fsp3) is 0.600. The van der Waals surface area contributed by atoms with Gasteiger partial charge in [-0.1, -0.05) is 36.2 Å². The van der Waals surface area contributed by atoms with Crippen LogP contribution >= 0.6 is 0 Å². The molecule has 94 valence electrons. The van der Waals surface area contributed by atoms with Crippen molar-refractivity contribution in [1.82, 2.24) is 4.90 Å². The summed E-state index contributed by atoms with van der Waals surface area (Å²) in [4.78, 5) is 2.53. The van der Waals surface area contributed by atoms with E-state index in [-0.39, 0.29) is 0 Å². The van der Waals surface area contributed by atoms with Crippen LogP contribution in [0.5, 0.6) is 0 Å². The normalized spacial score (nSPS) is 21.6. The molecular weight excluding hydrogens is 210 g/mol. The van der Waals surface area contributed by atoms with Crippen molar-refractivity contribution in [2.24, 2.45) is 0 Å². The van der Waals surface area contributed by atoms with Crippen molar-refractivity contribution >= 4 is 0 Å². The Morgan fingerprint density at radius 2 is 2.00 bits per heavy atom. The Morgan fingerprint density at radius 1 is 1.24 bits per heavy atom. The van der Waals surface area contributed by atoms with Crippen LogP contribution in [-0.4, -0.2) is 29.2 Å². The van der Waals surface area contributed by atoms with Gasteiger partial charge in [-0.05, 0) is 38.3 Å². The van der Waals surface area contributed by atoms with E-state index in [0.29, 0.717) is 12.6 Å². The van der Waals surface area contributed by atoms with Gasteiger partial charge in [0, 0.05) is 19.2 Å². The highest BCUT2D eigenvalue weighted by molar-refractivity contribution is 5.21. The van der Waals surface area contributed by atoms with Crippen LogP contribution in [0.25, 0.3) is 0 Å². The van der Waals surface area contributed by atoms with Crippen LogP contribution in [0, 0.1) is 6.92 Å². The summed E-state index contributed by atoms with van der Waals surface area (Å²) >= 11 is 0. The summed E-state index contributed by atoms with van der Waals surface area (Å²) in [5, 5.41) is 9.11. The van der Waals surface area contributed by atoms with Gasteiger partial charge in [0.2, 0.25) is 0 Å². The number of aliphatic hydroxyl groups excluding tert-OH is 1. The average molecular weight is 233 g/mol. The monoisotopic (exact) mass is 233 g/mol. The Labute approximate surface area is 104 Å². The highest BCUT2D eigenvalue weighted by atomic mass is 16.3. The van der Waals surface area contributed by atoms with E-state index < -0.39 is 0 Å². The minimum Gasteiger partial charge on any atom is -0.396 e. The highest BCUT2D eigenvalue weighted by Crippen LogP contribution is 2.21. The van der Waals surface area contributed by atoms with Gasteiger partial charge in [0.05, 0.1) is 0 Å². The molecule has 1 aromatic rings. The van der Waals surface area contributed by atoms with Gasteiger partial charge < -0.3 is 5.11 Å². The Bertz CT molecular complexity index is 331. The molecule has 1 aliphatic heterocycles. The third kappa shape index (κ3) is 3.55. The Morgan fingerprint density at radius 3 is 2.71 bits per heavy atom. The number of aryl methyl sites for hydroxylation is 1. The second-order valence-corrected chi connectivity index (χ2v) is 5.12. The molecule has 2 rings (SSSR count). The maximum Gasteiger partial charge on any atom is 0.0445 e. The molecule has 0 radical (unpaired) electrons. The third-order valence-corrected chi connectivity index (χ3v) is 3.72. The Hall–Kier alpha value is -0.860. The van der Waals surface area contributed by atoms with Crippen molar-refractivity contribution in [3.8, 4) is 0 Å². The van der Waals surface area contributed by atoms with E-state index >= 15 is 0 Å². The molecule has 0 spiro atoms. The molecule has 2 nitrogen and oxygen atoms in total. The topological polar surface area (TPSA) is 23.5 Å². The summed E-state index contributed by atoms with van der Waals surface area (Å²) in [7, 11) is 0. The molecule has 1 unspecified atom stereocenters. The minimum atomic E-state index is 0.315. The number of hydrogen-bond donors (Lipinski definition) is 1. The van der Waals surface area contributed by atoms with E-state index in [1.165, 1.54) is 36.9 Å². The van der Waals surface area contributed by atoms with Crippen molar-refractivity contribution in [2.75, 3.05) is 13.2 Å². The smallest absolute Gasteiger partial charge is 0.0445 e. The summed E-state index contributed by atoms with van der Waals surface area (Å²) in [5.74, 6) is 0. The summed E-state index contributed by atoms with van der Waals surface area (Å²) in [5.41, 5.74) is 2.71. The van der Waals surface area contributed by atoms with Gasteiger partial charge in [0.15, 0.2) is 0 Å². The number of hydrogen-bond acceptors (Lipinski definition) is 2. The summed E-state index contributed by atoms with van der Waals surface area (Å²) in [6.07, 6.45) is 4.78. The van der Waals surface area contributed by atoms with Gasteiger partial charge >= 0.3 is 0 Å². The molecule has 2 heteroatoms. The molecule has 1 saturated heterocycles. The largest absolute Gasteiger partial charge is 0.396 e. The molecule has 0 amide bonds. The zero-order valence-electron chi connectivity index (χ0n) is 10.7. The van der Waals surface area contributed by atoms with Crippen molar-refractivity contribution in [3.05, 3.63) is 35.4 Å². The Balaban J connectivity index is 1.97. The number of rotatable bonds is 4. The Kier molecular flexibility index (Phi) is 4.57. The van der Waals surface area contributed by atoms with E-state index in [1.807, 2.05) is 0 Å². The van der Waals surface area contributed by atoms with Crippen molar-refractivity contribution in [2.45, 2.75) is 45.2 Å². The summed E-state index contributed by atoms with van der Waals surface area (Å²) in [6.45, 7) is 4.65. The molecule has 0 aliphatic carbocycles. The zero-order valence-corrected chi connectivity index (χ0v) is 10.7. The first-order chi connectivity index (χ1) is 8.29. The molecular formula is C15H23NO. The maximum absolute atomic E-state index is 9.11. The van der Waals surface area contributed by atoms with Crippen LogP contribution in [0.15, 0.2) is 24.3 Å². The first-order valence-corrected chi connectivity index (χ1v) is 6.70. The van der Waals surface area contributed by atoms with E-state index in [2.05, 4.69) is 36.1 Å². The molecule has 17 heavy (non-hydrogen) atoms. The molecule has 1 N–H and O–H groups in total. The van der Waals surface area contributed by atoms with Crippen molar-refractivity contribution in [3.63, 3.8) is 0 Å². The van der Waals surface area contributed by atoms with Gasteiger partial charge in [-0.15, -0.1) is 0 Å². The van der Waals surface area contributed by atoms with Gasteiger partial charge in [-0.2, -0.15) is 0 Å². The minimum absolute atomic E-state index is 0.315. The molecule has 1 aromatic carbocycles. The molecule has 1 fully saturated rings. The predicted molar refractivity (Wildman–Crippen MR) is 70.9 cm³/mol. The van der Waals surface area contributed by atoms with Gasteiger partial charge in [0.25, 0.3) is 0 Å². The van der Waals surface area contributed by atoms with Crippen LogP contribution in [0.1, 0.15) is 36.8 Å². The highest BCUT2D eigenvalue weighted by Gasteiger charge is 2.21. The quantitative estimate of drug-likeness (QED) is 0.864. The van der Waals surface area contributed by atoms with Crippen LogP contribution in [-0.2, 0) is 6.54 Å². The molecule has 1 heterocycles. The van der Waals surface area contributed by atoms with Crippen LogP contribution in [0.4, 0.5) is 0 Å². The second kappa shape index (κ2) is 6.18. The van der Waals surface area contributed by atoms with Crippen LogP contribution in [0.3, 0.4) is 0 Å². The first kappa shape index (κ1) is 12.6. The molecule has 0 aromatic heterocycles. The first-order valence-electron chi connectivity index (χ1n) is 6.70. The second-order valence-electron chi connectivity index (χ2n) is 5.12. The number of nitrogens with zero attached hydrogens (tertiary/aromatic N) is 1. The fourth-order valence-electron chi connectivity index (χ4n) is 2.67. The van der Waals surface area contributed by atoms with E-state index in [9.17, 15) is 0 Å². The van der Waals surface area contributed by atoms with Gasteiger partial charge in [-0.25, -0.2) is 0 Å². The fourth-order valence-corrected chi connectivity index (χ4v) is 2.67. The lowest BCUT2D eigenvalue weighted by Gasteiger charge is -2.35. The van der Waals surface area contributed by atoms with E-state index in [1.54, 1.807) is 0 Å². The lowest BCUT2D eigenvalue weighted by atomic mass is 9.98. The molecule has 0 saturated carbocycles. The molecule has 1 aliphatic rings. The van der Waals surface area contributed by atoms with Crippen LogP contribution < -0.4 is 0 Å². The molecule has 1 atom stereocenters. The SMILES string of the molecule is Cc1ccc(CN2CCCCC2CCO)cc1. The molecule has 0 bridgehead atoms. The van der Waals surface area contributed by atoms with Gasteiger partial charge in [0.1, 0.15) is 0 Å². The van der Waals surface area contributed by atoms with E-state index in [0.717, 1.165) is 13.0 Å². The zero-order chi connectivity index (χ0) is 12.1. The summed E-state index contributed by atoms with van der Waals surface area (Å²) < 4.78 is 0. The standard InChI is InChI=1S/C15H23NO/c1-13-5-7-14(8-6-13)12-16-10-3-2-4-15(16)9-11-17/h5-8,15,17H,2-4,9-12H2,1H3. The maximum atomic E-state index is 9.11. The average Bonchev–Trinajstić information content (AvgIpc) is 2.35. The number of benzene rings is 1.